The highest BCUT2D eigenvalue weighted by molar-refractivity contribution is 5.80. The van der Waals surface area contributed by atoms with Crippen molar-refractivity contribution in [2.45, 2.75) is 52.9 Å². The highest BCUT2D eigenvalue weighted by Gasteiger charge is 2.69. The molecule has 2 saturated carbocycles. The van der Waals surface area contributed by atoms with Crippen molar-refractivity contribution in [2.75, 3.05) is 0 Å². The molecule has 0 spiro atoms. The van der Waals surface area contributed by atoms with Crippen LogP contribution in [0, 0.1) is 22.7 Å². The lowest BCUT2D eigenvalue weighted by Crippen LogP contribution is -2.32. The van der Waals surface area contributed by atoms with E-state index >= 15 is 0 Å². The molecule has 1 unspecified atom stereocenters. The van der Waals surface area contributed by atoms with E-state index in [1.165, 1.54) is 12.8 Å². The second kappa shape index (κ2) is 3.23. The Morgan fingerprint density at radius 1 is 1.20 bits per heavy atom. The molecule has 0 amide bonds. The van der Waals surface area contributed by atoms with Crippen LogP contribution >= 0.6 is 0 Å². The van der Waals surface area contributed by atoms with Crippen molar-refractivity contribution in [3.05, 3.63) is 0 Å². The van der Waals surface area contributed by atoms with Gasteiger partial charge >= 0.3 is 5.97 Å². The zero-order chi connectivity index (χ0) is 11.3. The molecule has 0 aliphatic heterocycles. The molecule has 2 aliphatic carbocycles. The summed E-state index contributed by atoms with van der Waals surface area (Å²) in [6.45, 7) is 6.50. The van der Waals surface area contributed by atoms with Crippen LogP contribution in [0.4, 0.5) is 0 Å². The molecule has 0 radical (unpaired) electrons. The fraction of sp³-hybridized carbons (Fsp3) is 0.923. The van der Waals surface area contributed by atoms with Crippen molar-refractivity contribution in [3.8, 4) is 0 Å². The summed E-state index contributed by atoms with van der Waals surface area (Å²) in [5.41, 5.74) is -0.350. The molecule has 1 N–H and O–H groups in total. The van der Waals surface area contributed by atoms with E-state index in [1.807, 2.05) is 0 Å². The van der Waals surface area contributed by atoms with Gasteiger partial charge in [-0.1, -0.05) is 33.6 Å². The number of carbonyl (C=O) groups is 1. The average Bonchev–Trinajstić information content (AvgIpc) is 2.72. The van der Waals surface area contributed by atoms with Gasteiger partial charge in [-0.15, -0.1) is 0 Å². The maximum absolute atomic E-state index is 11.5. The Hall–Kier alpha value is -0.530. The van der Waals surface area contributed by atoms with Gasteiger partial charge in [-0.05, 0) is 36.5 Å². The monoisotopic (exact) mass is 210 g/mol. The summed E-state index contributed by atoms with van der Waals surface area (Å²) in [5, 5.41) is 9.46. The van der Waals surface area contributed by atoms with Gasteiger partial charge in [0.25, 0.3) is 0 Å². The predicted octanol–water partition coefficient (Wildman–Crippen LogP) is 3.31. The third kappa shape index (κ3) is 1.49. The second-order valence-electron chi connectivity index (χ2n) is 6.29. The molecular formula is C13H22O2. The summed E-state index contributed by atoms with van der Waals surface area (Å²) in [4.78, 5) is 11.5. The average molecular weight is 210 g/mol. The minimum absolute atomic E-state index is 0.0318. The van der Waals surface area contributed by atoms with E-state index in [1.54, 1.807) is 0 Å². The van der Waals surface area contributed by atoms with Crippen LogP contribution in [0.5, 0.6) is 0 Å². The standard InChI is InChI=1S/C13H22O2/c1-9-4-6-10(7-5-9)13(11(14)15)8-12(13,2)3/h9-10H,4-8H2,1-3H3,(H,14,15). The molecule has 0 aromatic rings. The highest BCUT2D eigenvalue weighted by atomic mass is 16.4. The van der Waals surface area contributed by atoms with Gasteiger partial charge < -0.3 is 5.11 Å². The lowest BCUT2D eigenvalue weighted by molar-refractivity contribution is -0.148. The molecule has 0 heterocycles. The van der Waals surface area contributed by atoms with Gasteiger partial charge in [0.15, 0.2) is 0 Å². The van der Waals surface area contributed by atoms with E-state index < -0.39 is 5.97 Å². The first-order valence-corrected chi connectivity index (χ1v) is 6.13. The number of carboxylic acid groups (broad SMARTS) is 1. The Morgan fingerprint density at radius 2 is 1.67 bits per heavy atom. The number of aliphatic carboxylic acids is 1. The quantitative estimate of drug-likeness (QED) is 0.759. The fourth-order valence-electron chi connectivity index (χ4n) is 3.64. The van der Waals surface area contributed by atoms with Crippen LogP contribution < -0.4 is 0 Å². The van der Waals surface area contributed by atoms with E-state index in [2.05, 4.69) is 20.8 Å². The van der Waals surface area contributed by atoms with Crippen LogP contribution in [0.2, 0.25) is 0 Å². The molecule has 2 heteroatoms. The number of hydrogen-bond donors (Lipinski definition) is 1. The van der Waals surface area contributed by atoms with Gasteiger partial charge in [0.1, 0.15) is 0 Å². The molecule has 2 rings (SSSR count). The van der Waals surface area contributed by atoms with Crippen LogP contribution in [-0.2, 0) is 4.79 Å². The molecule has 86 valence electrons. The maximum Gasteiger partial charge on any atom is 0.310 e. The second-order valence-corrected chi connectivity index (χ2v) is 6.29. The smallest absolute Gasteiger partial charge is 0.310 e. The summed E-state index contributed by atoms with van der Waals surface area (Å²) >= 11 is 0. The molecule has 1 atom stereocenters. The van der Waals surface area contributed by atoms with Crippen molar-refractivity contribution in [1.82, 2.24) is 0 Å². The summed E-state index contributed by atoms with van der Waals surface area (Å²) in [6, 6.07) is 0. The maximum atomic E-state index is 11.5. The van der Waals surface area contributed by atoms with E-state index in [0.717, 1.165) is 25.2 Å². The van der Waals surface area contributed by atoms with Gasteiger partial charge in [0.05, 0.1) is 5.41 Å². The first kappa shape index (κ1) is 11.0. The summed E-state index contributed by atoms with van der Waals surface area (Å²) in [7, 11) is 0. The highest BCUT2D eigenvalue weighted by Crippen LogP contribution is 2.69. The lowest BCUT2D eigenvalue weighted by atomic mass is 9.71. The third-order valence-corrected chi connectivity index (χ3v) is 4.90. The number of hydrogen-bond acceptors (Lipinski definition) is 1. The van der Waals surface area contributed by atoms with Crippen LogP contribution in [0.1, 0.15) is 52.9 Å². The normalized spacial score (nSPS) is 43.7. The zero-order valence-electron chi connectivity index (χ0n) is 10.0. The number of carboxylic acids is 1. The largest absolute Gasteiger partial charge is 0.481 e. The third-order valence-electron chi connectivity index (χ3n) is 4.90. The predicted molar refractivity (Wildman–Crippen MR) is 59.6 cm³/mol. The molecule has 0 bridgehead atoms. The Bertz CT molecular complexity index is 274. The Labute approximate surface area is 92.1 Å². The molecule has 0 aromatic heterocycles. The molecule has 2 aliphatic rings. The number of rotatable bonds is 2. The van der Waals surface area contributed by atoms with Crippen molar-refractivity contribution in [3.63, 3.8) is 0 Å². The van der Waals surface area contributed by atoms with Crippen LogP contribution in [0.15, 0.2) is 0 Å². The molecule has 2 nitrogen and oxygen atoms in total. The SMILES string of the molecule is CC1CCC(C2(C(=O)O)CC2(C)C)CC1. The Morgan fingerprint density at radius 3 is 2.00 bits per heavy atom. The van der Waals surface area contributed by atoms with E-state index in [-0.39, 0.29) is 10.8 Å². The molecule has 0 saturated heterocycles. The summed E-state index contributed by atoms with van der Waals surface area (Å²) < 4.78 is 0. The van der Waals surface area contributed by atoms with E-state index in [9.17, 15) is 9.90 Å². The molecule has 2 fully saturated rings. The lowest BCUT2D eigenvalue weighted by Gasteiger charge is -2.32. The van der Waals surface area contributed by atoms with E-state index in [4.69, 9.17) is 0 Å². The summed E-state index contributed by atoms with van der Waals surface area (Å²) in [5.74, 6) is 0.683. The fourth-order valence-corrected chi connectivity index (χ4v) is 3.64. The van der Waals surface area contributed by atoms with Crippen molar-refractivity contribution in [2.24, 2.45) is 22.7 Å². The van der Waals surface area contributed by atoms with Crippen LogP contribution in [0.25, 0.3) is 0 Å². The van der Waals surface area contributed by atoms with Gasteiger partial charge in [0, 0.05) is 0 Å². The minimum atomic E-state index is -0.549. The van der Waals surface area contributed by atoms with Gasteiger partial charge in [-0.2, -0.15) is 0 Å². The minimum Gasteiger partial charge on any atom is -0.481 e. The first-order chi connectivity index (χ1) is 6.90. The Kier molecular flexibility index (Phi) is 2.36. The molecular weight excluding hydrogens is 188 g/mol. The van der Waals surface area contributed by atoms with Crippen LogP contribution in [-0.4, -0.2) is 11.1 Å². The van der Waals surface area contributed by atoms with Gasteiger partial charge in [-0.25, -0.2) is 0 Å². The summed E-state index contributed by atoms with van der Waals surface area (Å²) in [6.07, 6.45) is 5.56. The van der Waals surface area contributed by atoms with Crippen molar-refractivity contribution >= 4 is 5.97 Å². The van der Waals surface area contributed by atoms with Gasteiger partial charge in [-0.3, -0.25) is 4.79 Å². The zero-order valence-corrected chi connectivity index (χ0v) is 10.0. The first-order valence-electron chi connectivity index (χ1n) is 6.13. The van der Waals surface area contributed by atoms with Crippen molar-refractivity contribution < 1.29 is 9.90 Å². The van der Waals surface area contributed by atoms with Gasteiger partial charge in [0.2, 0.25) is 0 Å². The topological polar surface area (TPSA) is 37.3 Å². The van der Waals surface area contributed by atoms with Crippen LogP contribution in [0.3, 0.4) is 0 Å². The van der Waals surface area contributed by atoms with Crippen molar-refractivity contribution in [1.29, 1.82) is 0 Å². The Balaban J connectivity index is 2.12. The molecule has 0 aromatic carbocycles. The molecule has 15 heavy (non-hydrogen) atoms. The van der Waals surface area contributed by atoms with E-state index in [0.29, 0.717) is 5.92 Å².